The lowest BCUT2D eigenvalue weighted by molar-refractivity contribution is -0.134. The van der Waals surface area contributed by atoms with Crippen LogP contribution in [0.1, 0.15) is 62.4 Å². The first-order chi connectivity index (χ1) is 15.6. The number of nitrogens with zero attached hydrogens (tertiary/aromatic N) is 3. The summed E-state index contributed by atoms with van der Waals surface area (Å²) >= 11 is 0. The van der Waals surface area contributed by atoms with Crippen LogP contribution in [0.2, 0.25) is 0 Å². The van der Waals surface area contributed by atoms with E-state index >= 15 is 0 Å². The monoisotopic (exact) mass is 438 g/mol. The molecule has 2 fully saturated rings. The van der Waals surface area contributed by atoms with Gasteiger partial charge in [0, 0.05) is 19.1 Å². The van der Waals surface area contributed by atoms with E-state index in [9.17, 15) is 9.59 Å². The van der Waals surface area contributed by atoms with Crippen LogP contribution < -0.4 is 5.32 Å². The summed E-state index contributed by atoms with van der Waals surface area (Å²) in [5, 5.41) is 3.30. The van der Waals surface area contributed by atoms with Crippen molar-refractivity contribution < 1.29 is 14.0 Å². The van der Waals surface area contributed by atoms with E-state index in [2.05, 4.69) is 10.2 Å². The van der Waals surface area contributed by atoms with Gasteiger partial charge in [-0.25, -0.2) is 0 Å². The summed E-state index contributed by atoms with van der Waals surface area (Å²) in [6.07, 6.45) is 9.66. The fourth-order valence-corrected chi connectivity index (χ4v) is 5.60. The highest BCUT2D eigenvalue weighted by atomic mass is 16.3. The summed E-state index contributed by atoms with van der Waals surface area (Å²) in [4.78, 5) is 31.6. The van der Waals surface area contributed by atoms with Gasteiger partial charge in [0.15, 0.2) is 0 Å². The van der Waals surface area contributed by atoms with E-state index < -0.39 is 5.54 Å². The van der Waals surface area contributed by atoms with E-state index in [0.717, 1.165) is 51.0 Å². The molecule has 172 valence electrons. The standard InChI is InChI=1S/C25H34N4O3/c1-25(24(31)26-19-8-3-2-4-9-19)18-28-20(22-10-7-17-32-22)11-12-21(28)23(30)29(25)16-15-27-13-5-6-14-27/h7,10-12,17,19H,2-6,8-9,13-16,18H2,1H3,(H,26,31)/t25-/m1/s1. The van der Waals surface area contributed by atoms with Crippen LogP contribution in [0.5, 0.6) is 0 Å². The van der Waals surface area contributed by atoms with E-state index in [1.54, 1.807) is 6.26 Å². The predicted molar refractivity (Wildman–Crippen MR) is 122 cm³/mol. The quantitative estimate of drug-likeness (QED) is 0.749. The Morgan fingerprint density at radius 2 is 1.81 bits per heavy atom. The molecule has 7 heteroatoms. The van der Waals surface area contributed by atoms with Gasteiger partial charge in [-0.2, -0.15) is 0 Å². The molecule has 2 aromatic rings. The highest BCUT2D eigenvalue weighted by molar-refractivity contribution is 6.00. The van der Waals surface area contributed by atoms with Crippen molar-refractivity contribution in [3.63, 3.8) is 0 Å². The third-order valence-electron chi connectivity index (χ3n) is 7.55. The van der Waals surface area contributed by atoms with E-state index in [-0.39, 0.29) is 17.9 Å². The van der Waals surface area contributed by atoms with Crippen LogP contribution in [0.15, 0.2) is 34.9 Å². The van der Waals surface area contributed by atoms with E-state index in [1.807, 2.05) is 40.7 Å². The van der Waals surface area contributed by atoms with E-state index in [0.29, 0.717) is 24.5 Å². The first-order valence-corrected chi connectivity index (χ1v) is 12.1. The summed E-state index contributed by atoms with van der Waals surface area (Å²) in [5.74, 6) is 0.600. The molecule has 2 aliphatic heterocycles. The first kappa shape index (κ1) is 21.3. The smallest absolute Gasteiger partial charge is 0.271 e. The SMILES string of the molecule is C[C@]1(C(=O)NC2CCCCC2)Cn2c(ccc2-c2ccco2)C(=O)N1CCN1CCCC1. The minimum Gasteiger partial charge on any atom is -0.463 e. The summed E-state index contributed by atoms with van der Waals surface area (Å²) in [5.41, 5.74) is 0.525. The Labute approximate surface area is 189 Å². The molecule has 1 aliphatic carbocycles. The van der Waals surface area contributed by atoms with Crippen molar-refractivity contribution in [2.75, 3.05) is 26.2 Å². The van der Waals surface area contributed by atoms with Gasteiger partial charge in [-0.1, -0.05) is 19.3 Å². The predicted octanol–water partition coefficient (Wildman–Crippen LogP) is 3.51. The average molecular weight is 439 g/mol. The van der Waals surface area contributed by atoms with Crippen LogP contribution >= 0.6 is 0 Å². The van der Waals surface area contributed by atoms with Gasteiger partial charge in [-0.15, -0.1) is 0 Å². The van der Waals surface area contributed by atoms with Crippen LogP contribution in [0, 0.1) is 0 Å². The van der Waals surface area contributed by atoms with Crippen molar-refractivity contribution in [2.24, 2.45) is 0 Å². The average Bonchev–Trinajstić information content (AvgIpc) is 3.56. The molecule has 0 radical (unpaired) electrons. The maximum atomic E-state index is 13.7. The number of likely N-dealkylation sites (tertiary alicyclic amines) is 1. The molecule has 3 aliphatic rings. The zero-order valence-electron chi connectivity index (χ0n) is 19.0. The van der Waals surface area contributed by atoms with Gasteiger partial charge in [0.05, 0.1) is 18.5 Å². The molecule has 32 heavy (non-hydrogen) atoms. The van der Waals surface area contributed by atoms with Crippen molar-refractivity contribution in [3.05, 3.63) is 36.2 Å². The number of nitrogens with one attached hydrogen (secondary N) is 1. The van der Waals surface area contributed by atoms with Crippen molar-refractivity contribution in [2.45, 2.75) is 70.0 Å². The maximum Gasteiger partial charge on any atom is 0.271 e. The highest BCUT2D eigenvalue weighted by Crippen LogP contribution is 2.33. The number of fused-ring (bicyclic) bond motifs is 1. The molecule has 1 N–H and O–H groups in total. The van der Waals surface area contributed by atoms with Gasteiger partial charge >= 0.3 is 0 Å². The topological polar surface area (TPSA) is 70.7 Å². The number of carbonyl (C=O) groups is 2. The number of rotatable bonds is 6. The lowest BCUT2D eigenvalue weighted by Crippen LogP contribution is -2.65. The maximum absolute atomic E-state index is 13.7. The van der Waals surface area contributed by atoms with Gasteiger partial charge in [0.2, 0.25) is 5.91 Å². The highest BCUT2D eigenvalue weighted by Gasteiger charge is 2.48. The van der Waals surface area contributed by atoms with Crippen LogP contribution in [0.4, 0.5) is 0 Å². The Kier molecular flexibility index (Phi) is 5.84. The molecule has 0 unspecified atom stereocenters. The largest absolute Gasteiger partial charge is 0.463 e. The van der Waals surface area contributed by atoms with Gasteiger partial charge in [0.25, 0.3) is 5.91 Å². The van der Waals surface area contributed by atoms with Crippen LogP contribution in [0.3, 0.4) is 0 Å². The molecule has 0 spiro atoms. The van der Waals surface area contributed by atoms with Crippen molar-refractivity contribution in [1.82, 2.24) is 19.7 Å². The summed E-state index contributed by atoms with van der Waals surface area (Å²) in [6.45, 7) is 5.88. The van der Waals surface area contributed by atoms with Gasteiger partial charge in [0.1, 0.15) is 17.0 Å². The zero-order valence-corrected chi connectivity index (χ0v) is 19.0. The van der Waals surface area contributed by atoms with Crippen molar-refractivity contribution >= 4 is 11.8 Å². The normalized spacial score (nSPS) is 24.7. The fraction of sp³-hybridized carbons (Fsp3) is 0.600. The fourth-order valence-electron chi connectivity index (χ4n) is 5.60. The molecule has 2 amide bonds. The van der Waals surface area contributed by atoms with Gasteiger partial charge < -0.3 is 24.1 Å². The minimum atomic E-state index is -0.943. The van der Waals surface area contributed by atoms with Crippen LogP contribution in [-0.2, 0) is 11.3 Å². The molecule has 5 rings (SSSR count). The lowest BCUT2D eigenvalue weighted by Gasteiger charge is -2.45. The number of hydrogen-bond acceptors (Lipinski definition) is 4. The number of furan rings is 1. The molecule has 0 aromatic carbocycles. The third kappa shape index (κ3) is 3.87. The minimum absolute atomic E-state index is 0.0380. The second-order valence-corrected chi connectivity index (χ2v) is 9.76. The Hall–Kier alpha value is -2.54. The number of hydrogen-bond donors (Lipinski definition) is 1. The molecule has 2 aromatic heterocycles. The molecule has 1 saturated carbocycles. The summed E-state index contributed by atoms with van der Waals surface area (Å²) in [6, 6.07) is 7.74. The second kappa shape index (κ2) is 8.77. The summed E-state index contributed by atoms with van der Waals surface area (Å²) < 4.78 is 7.58. The molecule has 0 bridgehead atoms. The Morgan fingerprint density at radius 3 is 2.53 bits per heavy atom. The molecule has 4 heterocycles. The molecular formula is C25H34N4O3. The van der Waals surface area contributed by atoms with Crippen molar-refractivity contribution in [3.8, 4) is 11.5 Å². The Bertz CT molecular complexity index is 954. The first-order valence-electron chi connectivity index (χ1n) is 12.1. The van der Waals surface area contributed by atoms with Gasteiger partial charge in [-0.05, 0) is 70.0 Å². The Morgan fingerprint density at radius 1 is 1.06 bits per heavy atom. The third-order valence-corrected chi connectivity index (χ3v) is 7.55. The number of carbonyl (C=O) groups excluding carboxylic acids is 2. The van der Waals surface area contributed by atoms with E-state index in [1.165, 1.54) is 19.3 Å². The van der Waals surface area contributed by atoms with Crippen LogP contribution in [0.25, 0.3) is 11.5 Å². The Balaban J connectivity index is 1.45. The van der Waals surface area contributed by atoms with Gasteiger partial charge in [-0.3, -0.25) is 9.59 Å². The molecular weight excluding hydrogens is 404 g/mol. The lowest BCUT2D eigenvalue weighted by atomic mass is 9.91. The zero-order chi connectivity index (χ0) is 22.1. The van der Waals surface area contributed by atoms with Crippen LogP contribution in [-0.4, -0.2) is 63.9 Å². The number of amides is 2. The molecule has 7 nitrogen and oxygen atoms in total. The van der Waals surface area contributed by atoms with Crippen molar-refractivity contribution in [1.29, 1.82) is 0 Å². The molecule has 1 atom stereocenters. The second-order valence-electron chi connectivity index (χ2n) is 9.76. The summed E-state index contributed by atoms with van der Waals surface area (Å²) in [7, 11) is 0. The molecule has 1 saturated heterocycles. The van der Waals surface area contributed by atoms with E-state index in [4.69, 9.17) is 4.42 Å². The number of aromatic nitrogens is 1.